The van der Waals surface area contributed by atoms with Crippen molar-refractivity contribution in [3.8, 4) is 6.07 Å². The molecule has 0 bridgehead atoms. The monoisotopic (exact) mass is 491 g/mol. The van der Waals surface area contributed by atoms with Crippen LogP contribution >= 0.6 is 11.3 Å². The Morgan fingerprint density at radius 2 is 2.00 bits per heavy atom. The summed E-state index contributed by atoms with van der Waals surface area (Å²) in [6.45, 7) is 8.73. The summed E-state index contributed by atoms with van der Waals surface area (Å²) in [4.78, 5) is 26.0. The van der Waals surface area contributed by atoms with Crippen LogP contribution in [0.2, 0.25) is 0 Å². The second-order valence-electron chi connectivity index (χ2n) is 8.18. The van der Waals surface area contributed by atoms with Crippen LogP contribution in [0.15, 0.2) is 23.8 Å². The van der Waals surface area contributed by atoms with Crippen LogP contribution in [0.25, 0.3) is 6.08 Å². The van der Waals surface area contributed by atoms with Crippen molar-refractivity contribution >= 4 is 39.2 Å². The van der Waals surface area contributed by atoms with Gasteiger partial charge in [0.1, 0.15) is 11.6 Å². The molecule has 0 aliphatic carbocycles. The van der Waals surface area contributed by atoms with Crippen molar-refractivity contribution in [2.75, 3.05) is 19.4 Å². The van der Waals surface area contributed by atoms with Crippen LogP contribution in [-0.4, -0.2) is 44.1 Å². The molecule has 178 valence electrons. The van der Waals surface area contributed by atoms with Gasteiger partial charge in [0.25, 0.3) is 0 Å². The lowest BCUT2D eigenvalue weighted by Crippen LogP contribution is -2.24. The van der Waals surface area contributed by atoms with E-state index in [2.05, 4.69) is 23.1 Å². The third kappa shape index (κ3) is 7.96. The van der Waals surface area contributed by atoms with Gasteiger partial charge in [-0.15, -0.1) is 11.3 Å². The van der Waals surface area contributed by atoms with Crippen LogP contribution in [0.4, 0.5) is 0 Å². The number of sulfonamides is 1. The first kappa shape index (κ1) is 26.5. The van der Waals surface area contributed by atoms with Crippen LogP contribution in [0.1, 0.15) is 45.3 Å². The maximum absolute atomic E-state index is 12.4. The van der Waals surface area contributed by atoms with Gasteiger partial charge in [0.15, 0.2) is 6.61 Å². The topological polar surface area (TPSA) is 118 Å². The predicted octanol–water partition coefficient (Wildman–Crippen LogP) is 3.25. The summed E-state index contributed by atoms with van der Waals surface area (Å²) < 4.78 is 31.9. The standard InChI is InChI=1S/C23H29N3O5S2/c1-15(2)13-26-16(3)10-18(17(26)4)11-19(12-24)23(28)31-14-21(27)22-7-6-20(32-22)8-9-25-33(5,29)30/h6-7,10-11,15,25H,8-9,13-14H2,1-5H3/b19-11+. The number of aryl methyl sites for hydroxylation is 1. The molecule has 10 heteroatoms. The fourth-order valence-electron chi connectivity index (χ4n) is 3.21. The van der Waals surface area contributed by atoms with Gasteiger partial charge in [-0.05, 0) is 56.0 Å². The third-order valence-electron chi connectivity index (χ3n) is 4.81. The number of hydrogen-bond acceptors (Lipinski definition) is 7. The van der Waals surface area contributed by atoms with Gasteiger partial charge >= 0.3 is 5.97 Å². The summed E-state index contributed by atoms with van der Waals surface area (Å²) in [5, 5.41) is 9.44. The van der Waals surface area contributed by atoms with E-state index in [1.54, 1.807) is 12.1 Å². The van der Waals surface area contributed by atoms with Crippen molar-refractivity contribution in [1.82, 2.24) is 9.29 Å². The fraction of sp³-hybridized carbons (Fsp3) is 0.435. The van der Waals surface area contributed by atoms with Crippen LogP contribution < -0.4 is 4.72 Å². The Morgan fingerprint density at radius 1 is 1.30 bits per heavy atom. The summed E-state index contributed by atoms with van der Waals surface area (Å²) in [6, 6.07) is 7.12. The predicted molar refractivity (Wildman–Crippen MR) is 128 cm³/mol. The van der Waals surface area contributed by atoms with Crippen molar-refractivity contribution in [3.63, 3.8) is 0 Å². The fourth-order valence-corrected chi connectivity index (χ4v) is 4.62. The minimum absolute atomic E-state index is 0.175. The van der Waals surface area contributed by atoms with Gasteiger partial charge in [0, 0.05) is 29.4 Å². The van der Waals surface area contributed by atoms with Crippen molar-refractivity contribution in [1.29, 1.82) is 5.26 Å². The van der Waals surface area contributed by atoms with E-state index in [0.717, 1.165) is 34.6 Å². The molecular weight excluding hydrogens is 462 g/mol. The van der Waals surface area contributed by atoms with Gasteiger partial charge in [0.05, 0.1) is 11.1 Å². The van der Waals surface area contributed by atoms with Gasteiger partial charge in [-0.25, -0.2) is 17.9 Å². The van der Waals surface area contributed by atoms with Crippen LogP contribution in [0.3, 0.4) is 0 Å². The van der Waals surface area contributed by atoms with Crippen molar-refractivity contribution in [2.24, 2.45) is 5.92 Å². The number of thiophene rings is 1. The maximum atomic E-state index is 12.4. The Kier molecular flexibility index (Phi) is 9.16. The Hall–Kier alpha value is -2.74. The van der Waals surface area contributed by atoms with E-state index in [9.17, 15) is 23.3 Å². The van der Waals surface area contributed by atoms with E-state index in [4.69, 9.17) is 4.74 Å². The summed E-state index contributed by atoms with van der Waals surface area (Å²) in [5.41, 5.74) is 2.58. The number of ether oxygens (including phenoxy) is 1. The lowest BCUT2D eigenvalue weighted by molar-refractivity contribution is -0.137. The minimum atomic E-state index is -3.27. The number of nitriles is 1. The quantitative estimate of drug-likeness (QED) is 0.223. The van der Waals surface area contributed by atoms with E-state index in [-0.39, 0.29) is 17.9 Å². The summed E-state index contributed by atoms with van der Waals surface area (Å²) in [7, 11) is -3.27. The van der Waals surface area contributed by atoms with Crippen molar-refractivity contribution in [3.05, 3.63) is 50.5 Å². The van der Waals surface area contributed by atoms with Gasteiger partial charge in [-0.1, -0.05) is 13.8 Å². The molecule has 0 saturated heterocycles. The molecule has 0 atom stereocenters. The minimum Gasteiger partial charge on any atom is -0.453 e. The first-order chi connectivity index (χ1) is 15.4. The zero-order chi connectivity index (χ0) is 24.8. The molecule has 0 radical (unpaired) electrons. The largest absolute Gasteiger partial charge is 0.453 e. The number of rotatable bonds is 11. The van der Waals surface area contributed by atoms with Crippen molar-refractivity contribution < 1.29 is 22.7 Å². The molecule has 0 fully saturated rings. The zero-order valence-corrected chi connectivity index (χ0v) is 21.1. The van der Waals surface area contributed by atoms with Gasteiger partial charge in [0.2, 0.25) is 15.8 Å². The molecule has 33 heavy (non-hydrogen) atoms. The molecular formula is C23H29N3O5S2. The molecule has 1 N–H and O–H groups in total. The SMILES string of the molecule is Cc1cc(/C=C(\C#N)C(=O)OCC(=O)c2ccc(CCNS(C)(=O)=O)s2)c(C)n1CC(C)C. The average Bonchev–Trinajstić information content (AvgIpc) is 3.29. The second kappa shape index (κ2) is 11.4. The zero-order valence-electron chi connectivity index (χ0n) is 19.5. The van der Waals surface area contributed by atoms with Gasteiger partial charge < -0.3 is 9.30 Å². The van der Waals surface area contributed by atoms with E-state index in [0.29, 0.717) is 17.2 Å². The molecule has 0 spiro atoms. The smallest absolute Gasteiger partial charge is 0.349 e. The summed E-state index contributed by atoms with van der Waals surface area (Å²) >= 11 is 1.21. The number of hydrogen-bond donors (Lipinski definition) is 1. The highest BCUT2D eigenvalue weighted by Crippen LogP contribution is 2.21. The van der Waals surface area contributed by atoms with Gasteiger partial charge in [-0.3, -0.25) is 4.79 Å². The third-order valence-corrected chi connectivity index (χ3v) is 6.72. The number of aromatic nitrogens is 1. The Labute approximate surface area is 198 Å². The highest BCUT2D eigenvalue weighted by molar-refractivity contribution is 7.88. The van der Waals surface area contributed by atoms with Crippen molar-refractivity contribution in [2.45, 2.75) is 40.7 Å². The van der Waals surface area contributed by atoms with Crippen LogP contribution in [0, 0.1) is 31.1 Å². The van der Waals surface area contributed by atoms with E-state index in [1.165, 1.54) is 17.4 Å². The highest BCUT2D eigenvalue weighted by Gasteiger charge is 2.17. The Morgan fingerprint density at radius 3 is 2.61 bits per heavy atom. The molecule has 2 heterocycles. The molecule has 2 aromatic rings. The molecule has 0 saturated carbocycles. The lowest BCUT2D eigenvalue weighted by Gasteiger charge is -2.12. The number of Topliss-reactive ketones (excluding diaryl/α,β-unsaturated/α-hetero) is 1. The maximum Gasteiger partial charge on any atom is 0.349 e. The first-order valence-electron chi connectivity index (χ1n) is 10.4. The molecule has 2 aromatic heterocycles. The number of carbonyl (C=O) groups excluding carboxylic acids is 2. The number of esters is 1. The highest BCUT2D eigenvalue weighted by atomic mass is 32.2. The molecule has 8 nitrogen and oxygen atoms in total. The normalized spacial score (nSPS) is 12.1. The Balaban J connectivity index is 2.00. The Bertz CT molecular complexity index is 1200. The first-order valence-corrected chi connectivity index (χ1v) is 13.1. The molecule has 2 rings (SSSR count). The molecule has 0 unspecified atom stereocenters. The molecule has 0 amide bonds. The van der Waals surface area contributed by atoms with E-state index >= 15 is 0 Å². The summed E-state index contributed by atoms with van der Waals surface area (Å²) in [5.74, 6) is -0.788. The van der Waals surface area contributed by atoms with Gasteiger partial charge in [-0.2, -0.15) is 5.26 Å². The summed E-state index contributed by atoms with van der Waals surface area (Å²) in [6.07, 6.45) is 3.02. The average molecular weight is 492 g/mol. The number of nitrogens with zero attached hydrogens (tertiary/aromatic N) is 2. The molecule has 0 aliphatic rings. The van der Waals surface area contributed by atoms with Crippen LogP contribution in [0.5, 0.6) is 0 Å². The lowest BCUT2D eigenvalue weighted by atomic mass is 10.1. The van der Waals surface area contributed by atoms with Crippen LogP contribution in [-0.2, 0) is 32.5 Å². The van der Waals surface area contributed by atoms with E-state index in [1.807, 2.05) is 26.0 Å². The molecule has 0 aliphatic heterocycles. The second-order valence-corrected chi connectivity index (χ2v) is 11.2. The molecule has 0 aromatic carbocycles. The van der Waals surface area contributed by atoms with E-state index < -0.39 is 22.6 Å². The number of ketones is 1. The number of nitrogens with one attached hydrogen (secondary N) is 1. The number of carbonyl (C=O) groups is 2.